The van der Waals surface area contributed by atoms with Crippen molar-refractivity contribution in [1.82, 2.24) is 4.57 Å². The number of benzene rings is 3. The second-order valence-corrected chi connectivity index (χ2v) is 8.25. The van der Waals surface area contributed by atoms with E-state index in [0.717, 1.165) is 27.6 Å². The smallest absolute Gasteiger partial charge is 0.266 e. The topological polar surface area (TPSA) is 57.8 Å². The highest BCUT2D eigenvalue weighted by molar-refractivity contribution is 6.31. The predicted octanol–water partition coefficient (Wildman–Crippen LogP) is 6.85. The minimum Gasteiger partial charge on any atom is -0.342 e. The maximum Gasteiger partial charge on any atom is 0.266 e. The zero-order valence-corrected chi connectivity index (χ0v) is 18.8. The van der Waals surface area contributed by atoms with Crippen LogP contribution in [0.25, 0.3) is 17.0 Å². The molecule has 1 N–H and O–H groups in total. The number of carbonyl (C=O) groups excluding carboxylic acids is 1. The summed E-state index contributed by atoms with van der Waals surface area (Å²) in [6.07, 6.45) is 3.55. The van der Waals surface area contributed by atoms with E-state index in [1.54, 1.807) is 18.2 Å². The van der Waals surface area contributed by atoms with Gasteiger partial charge in [0, 0.05) is 44.9 Å². The van der Waals surface area contributed by atoms with Crippen LogP contribution in [0.15, 0.2) is 78.5 Å². The van der Waals surface area contributed by atoms with Crippen LogP contribution in [0.1, 0.15) is 16.7 Å². The zero-order valence-electron chi connectivity index (χ0n) is 17.3. The lowest BCUT2D eigenvalue weighted by atomic mass is 10.1. The molecule has 0 saturated heterocycles. The van der Waals surface area contributed by atoms with Gasteiger partial charge in [-0.1, -0.05) is 65.7 Å². The maximum atomic E-state index is 12.8. The number of hydrogen-bond donors (Lipinski definition) is 1. The monoisotopic (exact) mass is 459 g/mol. The van der Waals surface area contributed by atoms with Crippen LogP contribution in [0, 0.1) is 18.3 Å². The number of anilines is 1. The summed E-state index contributed by atoms with van der Waals surface area (Å²) < 4.78 is 2.07. The highest BCUT2D eigenvalue weighted by atomic mass is 35.5. The third-order valence-corrected chi connectivity index (χ3v) is 5.83. The summed E-state index contributed by atoms with van der Waals surface area (Å²) in [6.45, 7) is 2.44. The Morgan fingerprint density at radius 3 is 2.62 bits per heavy atom. The third-order valence-electron chi connectivity index (χ3n) is 5.23. The second kappa shape index (κ2) is 9.32. The van der Waals surface area contributed by atoms with E-state index in [0.29, 0.717) is 22.3 Å². The second-order valence-electron chi connectivity index (χ2n) is 7.40. The number of para-hydroxylation sites is 1. The Morgan fingerprint density at radius 1 is 1.09 bits per heavy atom. The van der Waals surface area contributed by atoms with Crippen molar-refractivity contribution in [2.24, 2.45) is 0 Å². The van der Waals surface area contributed by atoms with E-state index >= 15 is 0 Å². The maximum absolute atomic E-state index is 12.8. The van der Waals surface area contributed by atoms with Gasteiger partial charge >= 0.3 is 0 Å². The molecule has 158 valence electrons. The van der Waals surface area contributed by atoms with Crippen LogP contribution in [0.4, 0.5) is 5.69 Å². The molecule has 0 saturated carbocycles. The fourth-order valence-corrected chi connectivity index (χ4v) is 3.92. The van der Waals surface area contributed by atoms with Gasteiger partial charge in [-0.3, -0.25) is 4.79 Å². The standard InChI is InChI=1S/C26H19Cl2N3O/c1-17-10-11-21(27)13-24(17)30-26(32)19(14-29)12-20-16-31(25-9-5-3-7-22(20)25)15-18-6-2-4-8-23(18)28/h2-13,16H,15H2,1H3,(H,30,32). The molecular formula is C26H19Cl2N3O. The molecule has 0 aliphatic carbocycles. The minimum absolute atomic E-state index is 0.00465. The van der Waals surface area contributed by atoms with Gasteiger partial charge in [0.25, 0.3) is 5.91 Å². The van der Waals surface area contributed by atoms with Crippen molar-refractivity contribution in [3.05, 3.63) is 105 Å². The summed E-state index contributed by atoms with van der Waals surface area (Å²) in [5.41, 5.74) is 4.19. The Hall–Kier alpha value is -3.52. The summed E-state index contributed by atoms with van der Waals surface area (Å²) >= 11 is 12.4. The molecule has 0 spiro atoms. The van der Waals surface area contributed by atoms with Gasteiger partial charge in [-0.25, -0.2) is 0 Å². The van der Waals surface area contributed by atoms with Gasteiger partial charge in [0.15, 0.2) is 0 Å². The molecule has 0 aliphatic heterocycles. The van der Waals surface area contributed by atoms with Crippen molar-refractivity contribution in [3.8, 4) is 6.07 Å². The summed E-state index contributed by atoms with van der Waals surface area (Å²) in [4.78, 5) is 12.8. The molecule has 1 amide bonds. The highest BCUT2D eigenvalue weighted by Crippen LogP contribution is 2.27. The first-order chi connectivity index (χ1) is 15.5. The van der Waals surface area contributed by atoms with E-state index < -0.39 is 5.91 Å². The Balaban J connectivity index is 1.70. The minimum atomic E-state index is -0.485. The summed E-state index contributed by atoms with van der Waals surface area (Å²) in [5.74, 6) is -0.485. The number of halogens is 2. The lowest BCUT2D eigenvalue weighted by Gasteiger charge is -2.08. The molecule has 32 heavy (non-hydrogen) atoms. The number of hydrogen-bond acceptors (Lipinski definition) is 2. The van der Waals surface area contributed by atoms with Crippen LogP contribution in [-0.4, -0.2) is 10.5 Å². The van der Waals surface area contributed by atoms with Crippen molar-refractivity contribution in [1.29, 1.82) is 5.26 Å². The van der Waals surface area contributed by atoms with Gasteiger partial charge < -0.3 is 9.88 Å². The number of rotatable bonds is 5. The van der Waals surface area contributed by atoms with E-state index in [1.165, 1.54) is 0 Å². The van der Waals surface area contributed by atoms with Crippen LogP contribution >= 0.6 is 23.2 Å². The fraction of sp³-hybridized carbons (Fsp3) is 0.0769. The lowest BCUT2D eigenvalue weighted by molar-refractivity contribution is -0.112. The van der Waals surface area contributed by atoms with Crippen molar-refractivity contribution in [2.45, 2.75) is 13.5 Å². The molecule has 4 nitrogen and oxygen atoms in total. The van der Waals surface area contributed by atoms with E-state index in [1.807, 2.05) is 73.8 Å². The zero-order chi connectivity index (χ0) is 22.7. The normalized spacial score (nSPS) is 11.4. The molecule has 3 aromatic carbocycles. The average molecular weight is 460 g/mol. The Morgan fingerprint density at radius 2 is 1.84 bits per heavy atom. The molecule has 4 aromatic rings. The van der Waals surface area contributed by atoms with Gasteiger partial charge in [0.1, 0.15) is 11.6 Å². The van der Waals surface area contributed by atoms with Crippen molar-refractivity contribution >= 4 is 51.8 Å². The first-order valence-electron chi connectivity index (χ1n) is 9.97. The average Bonchev–Trinajstić information content (AvgIpc) is 3.13. The predicted molar refractivity (Wildman–Crippen MR) is 131 cm³/mol. The van der Waals surface area contributed by atoms with Gasteiger partial charge in [-0.15, -0.1) is 0 Å². The highest BCUT2D eigenvalue weighted by Gasteiger charge is 2.14. The van der Waals surface area contributed by atoms with Crippen LogP contribution in [0.2, 0.25) is 10.0 Å². The Bertz CT molecular complexity index is 1400. The number of amides is 1. The number of aromatic nitrogens is 1. The molecule has 6 heteroatoms. The van der Waals surface area contributed by atoms with Gasteiger partial charge in [0.05, 0.1) is 0 Å². The molecule has 0 bridgehead atoms. The van der Waals surface area contributed by atoms with Crippen LogP contribution < -0.4 is 5.32 Å². The molecule has 0 fully saturated rings. The van der Waals surface area contributed by atoms with Gasteiger partial charge in [0.2, 0.25) is 0 Å². The SMILES string of the molecule is Cc1ccc(Cl)cc1NC(=O)C(C#N)=Cc1cn(Cc2ccccc2Cl)c2ccccc12. The lowest BCUT2D eigenvalue weighted by Crippen LogP contribution is -2.14. The van der Waals surface area contributed by atoms with Crippen molar-refractivity contribution in [3.63, 3.8) is 0 Å². The van der Waals surface area contributed by atoms with Crippen LogP contribution in [0.5, 0.6) is 0 Å². The molecule has 0 atom stereocenters. The molecule has 4 rings (SSSR count). The molecule has 0 radical (unpaired) electrons. The summed E-state index contributed by atoms with van der Waals surface area (Å²) in [5, 5.41) is 14.6. The molecule has 1 aromatic heterocycles. The Labute approximate surface area is 196 Å². The quantitative estimate of drug-likeness (QED) is 0.262. The largest absolute Gasteiger partial charge is 0.342 e. The molecule has 0 unspecified atom stereocenters. The third kappa shape index (κ3) is 4.55. The number of nitriles is 1. The van der Waals surface area contributed by atoms with Gasteiger partial charge in [-0.2, -0.15) is 5.26 Å². The molecule has 1 heterocycles. The van der Waals surface area contributed by atoms with Crippen molar-refractivity contribution < 1.29 is 4.79 Å². The first kappa shape index (κ1) is 21.7. The van der Waals surface area contributed by atoms with E-state index in [2.05, 4.69) is 9.88 Å². The van der Waals surface area contributed by atoms with Crippen molar-refractivity contribution in [2.75, 3.05) is 5.32 Å². The Kier molecular flexibility index (Phi) is 6.32. The molecular weight excluding hydrogens is 441 g/mol. The van der Waals surface area contributed by atoms with Gasteiger partial charge in [-0.05, 0) is 48.4 Å². The van der Waals surface area contributed by atoms with Crippen LogP contribution in [-0.2, 0) is 11.3 Å². The first-order valence-corrected chi connectivity index (χ1v) is 10.7. The van der Waals surface area contributed by atoms with E-state index in [-0.39, 0.29) is 5.57 Å². The van der Waals surface area contributed by atoms with Crippen LogP contribution in [0.3, 0.4) is 0 Å². The number of carbonyl (C=O) groups is 1. The summed E-state index contributed by atoms with van der Waals surface area (Å²) in [7, 11) is 0. The number of nitrogens with zero attached hydrogens (tertiary/aromatic N) is 2. The fourth-order valence-electron chi connectivity index (χ4n) is 3.55. The van der Waals surface area contributed by atoms with E-state index in [9.17, 15) is 10.1 Å². The number of nitrogens with one attached hydrogen (secondary N) is 1. The number of aryl methyl sites for hydroxylation is 1. The van der Waals surface area contributed by atoms with E-state index in [4.69, 9.17) is 23.2 Å². The molecule has 0 aliphatic rings. The summed E-state index contributed by atoms with van der Waals surface area (Å²) in [6, 6.07) is 22.8. The number of fused-ring (bicyclic) bond motifs is 1.